The average Bonchev–Trinajstić information content (AvgIpc) is 2.36. The highest BCUT2D eigenvalue weighted by atomic mass is 35.5. The molecular weight excluding hydrogens is 262 g/mol. The highest BCUT2D eigenvalue weighted by Gasteiger charge is 2.24. The fourth-order valence-electron chi connectivity index (χ4n) is 2.20. The molecule has 2 rings (SSSR count). The summed E-state index contributed by atoms with van der Waals surface area (Å²) < 4.78 is 5.61. The van der Waals surface area contributed by atoms with Crippen molar-refractivity contribution in [2.75, 3.05) is 13.1 Å². The molecule has 3 nitrogen and oxygen atoms in total. The Morgan fingerprint density at radius 2 is 1.84 bits per heavy atom. The Morgan fingerprint density at radius 3 is 2.42 bits per heavy atom. The van der Waals surface area contributed by atoms with Gasteiger partial charge in [0.25, 0.3) is 0 Å². The number of ether oxygens (including phenoxy) is 1. The van der Waals surface area contributed by atoms with E-state index in [0.29, 0.717) is 18.1 Å². The molecule has 1 fully saturated rings. The van der Waals surface area contributed by atoms with Crippen LogP contribution in [-0.2, 0) is 9.53 Å². The molecule has 0 spiro atoms. The lowest BCUT2D eigenvalue weighted by Crippen LogP contribution is -2.47. The van der Waals surface area contributed by atoms with Gasteiger partial charge in [0.15, 0.2) is 0 Å². The van der Waals surface area contributed by atoms with Crippen molar-refractivity contribution in [2.45, 2.75) is 26.1 Å². The summed E-state index contributed by atoms with van der Waals surface area (Å²) in [5.74, 6) is 0.0250. The van der Waals surface area contributed by atoms with Crippen molar-refractivity contribution >= 4 is 23.6 Å². The van der Waals surface area contributed by atoms with Gasteiger partial charge >= 0.3 is 0 Å². The fraction of sp³-hybridized carbons (Fsp3) is 0.400. The van der Waals surface area contributed by atoms with Crippen LogP contribution in [-0.4, -0.2) is 36.1 Å². The molecule has 0 saturated carbocycles. The van der Waals surface area contributed by atoms with E-state index < -0.39 is 0 Å². The van der Waals surface area contributed by atoms with Crippen molar-refractivity contribution in [3.63, 3.8) is 0 Å². The van der Waals surface area contributed by atoms with E-state index in [1.165, 1.54) is 0 Å². The van der Waals surface area contributed by atoms with Crippen LogP contribution in [0.4, 0.5) is 0 Å². The van der Waals surface area contributed by atoms with Gasteiger partial charge < -0.3 is 9.64 Å². The number of benzene rings is 1. The van der Waals surface area contributed by atoms with Crippen LogP contribution in [0.5, 0.6) is 0 Å². The number of carbonyl (C=O) groups is 1. The first-order valence-corrected chi connectivity index (χ1v) is 6.80. The van der Waals surface area contributed by atoms with Gasteiger partial charge in [0.2, 0.25) is 5.91 Å². The number of hydrogen-bond donors (Lipinski definition) is 0. The number of nitrogens with zero attached hydrogens (tertiary/aromatic N) is 1. The maximum absolute atomic E-state index is 12.1. The summed E-state index contributed by atoms with van der Waals surface area (Å²) >= 11 is 5.82. The Labute approximate surface area is 118 Å². The first kappa shape index (κ1) is 14.1. The van der Waals surface area contributed by atoms with E-state index in [2.05, 4.69) is 0 Å². The Bertz CT molecular complexity index is 460. The summed E-state index contributed by atoms with van der Waals surface area (Å²) in [4.78, 5) is 13.9. The summed E-state index contributed by atoms with van der Waals surface area (Å²) in [5, 5.41) is 0.694. The SMILES string of the molecule is C[C@H]1CN(C(=O)/C=C/c2ccc(Cl)cc2)C[C@H](C)O1. The van der Waals surface area contributed by atoms with Crippen molar-refractivity contribution in [2.24, 2.45) is 0 Å². The molecule has 1 saturated heterocycles. The van der Waals surface area contributed by atoms with Crippen LogP contribution in [0.25, 0.3) is 6.08 Å². The summed E-state index contributed by atoms with van der Waals surface area (Å²) in [6, 6.07) is 7.39. The molecule has 1 amide bonds. The average molecular weight is 280 g/mol. The monoisotopic (exact) mass is 279 g/mol. The summed E-state index contributed by atoms with van der Waals surface area (Å²) in [5.41, 5.74) is 0.965. The van der Waals surface area contributed by atoms with Crippen molar-refractivity contribution in [1.82, 2.24) is 4.90 Å². The summed E-state index contributed by atoms with van der Waals surface area (Å²) in [7, 11) is 0. The van der Waals surface area contributed by atoms with Crippen LogP contribution in [0.2, 0.25) is 5.02 Å². The van der Waals surface area contributed by atoms with Crippen molar-refractivity contribution in [1.29, 1.82) is 0 Å². The maximum atomic E-state index is 12.1. The molecule has 0 unspecified atom stereocenters. The Morgan fingerprint density at radius 1 is 1.26 bits per heavy atom. The first-order valence-electron chi connectivity index (χ1n) is 6.42. The molecule has 1 aliphatic rings. The molecule has 1 aliphatic heterocycles. The fourth-order valence-corrected chi connectivity index (χ4v) is 2.33. The van der Waals surface area contributed by atoms with Gasteiger partial charge in [-0.05, 0) is 37.6 Å². The van der Waals surface area contributed by atoms with E-state index >= 15 is 0 Å². The highest BCUT2D eigenvalue weighted by molar-refractivity contribution is 6.30. The minimum Gasteiger partial charge on any atom is -0.372 e. The third kappa shape index (κ3) is 4.08. The molecule has 2 atom stereocenters. The number of amides is 1. The Kier molecular flexibility index (Phi) is 4.61. The van der Waals surface area contributed by atoms with Gasteiger partial charge in [0, 0.05) is 24.2 Å². The number of rotatable bonds is 2. The van der Waals surface area contributed by atoms with E-state index in [9.17, 15) is 4.79 Å². The van der Waals surface area contributed by atoms with Gasteiger partial charge in [0.1, 0.15) is 0 Å². The standard InChI is InChI=1S/C15H18ClNO2/c1-11-9-17(10-12(2)19-11)15(18)8-5-13-3-6-14(16)7-4-13/h3-8,11-12H,9-10H2,1-2H3/b8-5+/t11-,12-/m0/s1. The van der Waals surface area contributed by atoms with E-state index in [1.807, 2.05) is 49.1 Å². The number of hydrogen-bond acceptors (Lipinski definition) is 2. The Hall–Kier alpha value is -1.32. The largest absolute Gasteiger partial charge is 0.372 e. The lowest BCUT2D eigenvalue weighted by molar-refractivity contribution is -0.137. The molecule has 0 aliphatic carbocycles. The van der Waals surface area contributed by atoms with Crippen LogP contribution in [0.3, 0.4) is 0 Å². The van der Waals surface area contributed by atoms with Crippen LogP contribution >= 0.6 is 11.6 Å². The van der Waals surface area contributed by atoms with Gasteiger partial charge in [-0.15, -0.1) is 0 Å². The molecule has 0 bridgehead atoms. The van der Waals surface area contributed by atoms with Crippen LogP contribution in [0.1, 0.15) is 19.4 Å². The lowest BCUT2D eigenvalue weighted by Gasteiger charge is -2.34. The topological polar surface area (TPSA) is 29.5 Å². The van der Waals surface area contributed by atoms with Crippen LogP contribution < -0.4 is 0 Å². The van der Waals surface area contributed by atoms with Crippen LogP contribution in [0.15, 0.2) is 30.3 Å². The smallest absolute Gasteiger partial charge is 0.246 e. The molecule has 0 aromatic heterocycles. The predicted octanol–water partition coefficient (Wildman–Crippen LogP) is 2.99. The molecule has 4 heteroatoms. The lowest BCUT2D eigenvalue weighted by atomic mass is 10.2. The normalized spacial score (nSPS) is 23.8. The molecule has 0 N–H and O–H groups in total. The number of morpholine rings is 1. The minimum atomic E-state index is 0.0250. The van der Waals surface area contributed by atoms with Crippen molar-refractivity contribution in [3.8, 4) is 0 Å². The third-order valence-corrected chi connectivity index (χ3v) is 3.27. The second-order valence-corrected chi connectivity index (χ2v) is 5.32. The summed E-state index contributed by atoms with van der Waals surface area (Å²) in [6.07, 6.45) is 3.60. The second-order valence-electron chi connectivity index (χ2n) is 4.89. The van der Waals surface area contributed by atoms with Gasteiger partial charge in [-0.1, -0.05) is 23.7 Å². The minimum absolute atomic E-state index is 0.0250. The number of halogens is 1. The van der Waals surface area contributed by atoms with Gasteiger partial charge in [-0.3, -0.25) is 4.79 Å². The van der Waals surface area contributed by atoms with Crippen molar-refractivity contribution < 1.29 is 9.53 Å². The van der Waals surface area contributed by atoms with E-state index in [0.717, 1.165) is 5.56 Å². The third-order valence-electron chi connectivity index (χ3n) is 3.02. The first-order chi connectivity index (χ1) is 9.04. The van der Waals surface area contributed by atoms with Gasteiger partial charge in [0.05, 0.1) is 12.2 Å². The van der Waals surface area contributed by atoms with Gasteiger partial charge in [-0.2, -0.15) is 0 Å². The molecule has 0 radical (unpaired) electrons. The van der Waals surface area contributed by atoms with Crippen LogP contribution in [0, 0.1) is 0 Å². The zero-order chi connectivity index (χ0) is 13.8. The van der Waals surface area contributed by atoms with Crippen molar-refractivity contribution in [3.05, 3.63) is 40.9 Å². The highest BCUT2D eigenvalue weighted by Crippen LogP contribution is 2.13. The number of carbonyl (C=O) groups excluding carboxylic acids is 1. The maximum Gasteiger partial charge on any atom is 0.246 e. The van der Waals surface area contributed by atoms with E-state index in [4.69, 9.17) is 16.3 Å². The van der Waals surface area contributed by atoms with Gasteiger partial charge in [-0.25, -0.2) is 0 Å². The van der Waals surface area contributed by atoms with E-state index in [-0.39, 0.29) is 18.1 Å². The zero-order valence-corrected chi connectivity index (χ0v) is 11.9. The second kappa shape index (κ2) is 6.22. The molecule has 1 aromatic carbocycles. The Balaban J connectivity index is 1.98. The zero-order valence-electron chi connectivity index (χ0n) is 11.2. The molecule has 1 heterocycles. The molecule has 19 heavy (non-hydrogen) atoms. The van der Waals surface area contributed by atoms with E-state index in [1.54, 1.807) is 6.08 Å². The molecule has 102 valence electrons. The predicted molar refractivity (Wildman–Crippen MR) is 77.1 cm³/mol. The quantitative estimate of drug-likeness (QED) is 0.779. The molecule has 1 aromatic rings. The summed E-state index contributed by atoms with van der Waals surface area (Å²) in [6.45, 7) is 5.26. The molecular formula is C15H18ClNO2.